The van der Waals surface area contributed by atoms with Crippen LogP contribution in [-0.4, -0.2) is 30.6 Å². The van der Waals surface area contributed by atoms with Gasteiger partial charge < -0.3 is 5.32 Å². The molecular weight excluding hydrogens is 232 g/mol. The van der Waals surface area contributed by atoms with Gasteiger partial charge in [0, 0.05) is 24.2 Å². The molecule has 2 saturated heterocycles. The summed E-state index contributed by atoms with van der Waals surface area (Å²) in [4.78, 5) is 2.62. The van der Waals surface area contributed by atoms with Gasteiger partial charge in [-0.15, -0.1) is 0 Å². The summed E-state index contributed by atoms with van der Waals surface area (Å²) in [5.41, 5.74) is 1.34. The first-order chi connectivity index (χ1) is 8.33. The Morgan fingerprint density at radius 1 is 1.35 bits per heavy atom. The second-order valence-corrected chi connectivity index (χ2v) is 5.66. The van der Waals surface area contributed by atoms with E-state index in [-0.39, 0.29) is 0 Å². The first kappa shape index (κ1) is 11.5. The van der Waals surface area contributed by atoms with Gasteiger partial charge in [0.15, 0.2) is 0 Å². The maximum absolute atomic E-state index is 6.04. The third-order valence-corrected chi connectivity index (χ3v) is 4.30. The minimum atomic E-state index is 0.739. The second kappa shape index (κ2) is 4.97. The summed E-state index contributed by atoms with van der Waals surface area (Å²) in [5.74, 6) is 0.864. The maximum atomic E-state index is 6.04. The van der Waals surface area contributed by atoms with Crippen molar-refractivity contribution in [3.8, 4) is 0 Å². The molecule has 0 aliphatic carbocycles. The van der Waals surface area contributed by atoms with Gasteiger partial charge in [0.25, 0.3) is 0 Å². The Kier molecular flexibility index (Phi) is 3.37. The Morgan fingerprint density at radius 3 is 3.18 bits per heavy atom. The van der Waals surface area contributed by atoms with Gasteiger partial charge in [0.05, 0.1) is 0 Å². The van der Waals surface area contributed by atoms with Crippen LogP contribution in [-0.2, 0) is 6.54 Å². The van der Waals surface area contributed by atoms with Crippen molar-refractivity contribution in [3.05, 3.63) is 34.9 Å². The predicted molar refractivity (Wildman–Crippen MR) is 71.2 cm³/mol. The van der Waals surface area contributed by atoms with E-state index in [0.29, 0.717) is 0 Å². The highest BCUT2D eigenvalue weighted by Gasteiger charge is 2.34. The molecule has 2 atom stereocenters. The molecule has 2 fully saturated rings. The molecule has 92 valence electrons. The normalized spacial score (nSPS) is 29.2. The standard InChI is InChI=1S/C14H19ClN2/c15-13-5-1-3-11(7-13)10-17-6-2-4-12-8-16-9-14(12)17/h1,3,5,7,12,14,16H,2,4,6,8-10H2. The lowest BCUT2D eigenvalue weighted by Gasteiger charge is -2.37. The molecule has 0 spiro atoms. The number of hydrogen-bond donors (Lipinski definition) is 1. The minimum Gasteiger partial charge on any atom is -0.315 e. The molecule has 0 bridgehead atoms. The minimum absolute atomic E-state index is 0.739. The van der Waals surface area contributed by atoms with E-state index in [9.17, 15) is 0 Å². The number of halogens is 1. The van der Waals surface area contributed by atoms with Gasteiger partial charge in [-0.25, -0.2) is 0 Å². The van der Waals surface area contributed by atoms with Crippen LogP contribution in [0, 0.1) is 5.92 Å². The Balaban J connectivity index is 1.71. The molecule has 3 heteroatoms. The fourth-order valence-electron chi connectivity index (χ4n) is 3.23. The van der Waals surface area contributed by atoms with Crippen molar-refractivity contribution in [2.45, 2.75) is 25.4 Å². The third-order valence-electron chi connectivity index (χ3n) is 4.07. The van der Waals surface area contributed by atoms with E-state index in [0.717, 1.165) is 30.1 Å². The van der Waals surface area contributed by atoms with Crippen LogP contribution in [0.2, 0.25) is 5.02 Å². The second-order valence-electron chi connectivity index (χ2n) is 5.23. The number of benzene rings is 1. The lowest BCUT2D eigenvalue weighted by Crippen LogP contribution is -2.44. The van der Waals surface area contributed by atoms with E-state index in [1.54, 1.807) is 0 Å². The first-order valence-electron chi connectivity index (χ1n) is 6.52. The fraction of sp³-hybridized carbons (Fsp3) is 0.571. The van der Waals surface area contributed by atoms with Gasteiger partial charge >= 0.3 is 0 Å². The summed E-state index contributed by atoms with van der Waals surface area (Å²) in [6.45, 7) is 4.64. The molecule has 0 aromatic heterocycles. The van der Waals surface area contributed by atoms with Crippen molar-refractivity contribution in [2.75, 3.05) is 19.6 Å². The van der Waals surface area contributed by atoms with Gasteiger partial charge in [-0.05, 0) is 49.5 Å². The average Bonchev–Trinajstić information content (AvgIpc) is 2.78. The average molecular weight is 251 g/mol. The molecule has 1 aromatic rings. The zero-order valence-corrected chi connectivity index (χ0v) is 10.8. The molecule has 2 aliphatic rings. The summed E-state index contributed by atoms with van der Waals surface area (Å²) in [6, 6.07) is 9.00. The van der Waals surface area contributed by atoms with E-state index >= 15 is 0 Å². The molecule has 2 nitrogen and oxygen atoms in total. The molecule has 0 amide bonds. The van der Waals surface area contributed by atoms with Crippen molar-refractivity contribution in [2.24, 2.45) is 5.92 Å². The van der Waals surface area contributed by atoms with E-state index < -0.39 is 0 Å². The molecule has 2 heterocycles. The summed E-state index contributed by atoms with van der Waals surface area (Å²) >= 11 is 6.04. The zero-order chi connectivity index (χ0) is 11.7. The lowest BCUT2D eigenvalue weighted by atomic mass is 9.92. The number of nitrogens with one attached hydrogen (secondary N) is 1. The number of likely N-dealkylation sites (tertiary alicyclic amines) is 1. The number of fused-ring (bicyclic) bond motifs is 1. The summed E-state index contributed by atoms with van der Waals surface area (Å²) < 4.78 is 0. The lowest BCUT2D eigenvalue weighted by molar-refractivity contribution is 0.117. The van der Waals surface area contributed by atoms with Gasteiger partial charge in [-0.1, -0.05) is 23.7 Å². The third kappa shape index (κ3) is 2.49. The van der Waals surface area contributed by atoms with E-state index in [2.05, 4.69) is 22.3 Å². The van der Waals surface area contributed by atoms with E-state index in [1.165, 1.54) is 31.5 Å². The topological polar surface area (TPSA) is 15.3 Å². The number of piperidine rings is 1. The van der Waals surface area contributed by atoms with Crippen LogP contribution in [0.3, 0.4) is 0 Å². The van der Waals surface area contributed by atoms with Crippen molar-refractivity contribution in [3.63, 3.8) is 0 Å². The van der Waals surface area contributed by atoms with Crippen LogP contribution < -0.4 is 5.32 Å². The molecule has 0 radical (unpaired) electrons. The van der Waals surface area contributed by atoms with Gasteiger partial charge in [-0.3, -0.25) is 4.90 Å². The Hall–Kier alpha value is -0.570. The van der Waals surface area contributed by atoms with Gasteiger partial charge in [-0.2, -0.15) is 0 Å². The maximum Gasteiger partial charge on any atom is 0.0409 e. The van der Waals surface area contributed by atoms with Crippen LogP contribution in [0.5, 0.6) is 0 Å². The van der Waals surface area contributed by atoms with Gasteiger partial charge in [0.1, 0.15) is 0 Å². The summed E-state index contributed by atoms with van der Waals surface area (Å²) in [5, 5.41) is 4.37. The molecule has 3 rings (SSSR count). The van der Waals surface area contributed by atoms with Crippen molar-refractivity contribution in [1.29, 1.82) is 0 Å². The molecule has 2 unspecified atom stereocenters. The zero-order valence-electron chi connectivity index (χ0n) is 10.0. The molecule has 17 heavy (non-hydrogen) atoms. The number of rotatable bonds is 2. The smallest absolute Gasteiger partial charge is 0.0409 e. The van der Waals surface area contributed by atoms with Crippen molar-refractivity contribution >= 4 is 11.6 Å². The largest absolute Gasteiger partial charge is 0.315 e. The van der Waals surface area contributed by atoms with Crippen LogP contribution in [0.4, 0.5) is 0 Å². The van der Waals surface area contributed by atoms with Crippen LogP contribution in [0.25, 0.3) is 0 Å². The quantitative estimate of drug-likeness (QED) is 0.868. The van der Waals surface area contributed by atoms with Crippen LogP contribution >= 0.6 is 11.6 Å². The first-order valence-corrected chi connectivity index (χ1v) is 6.90. The van der Waals surface area contributed by atoms with Crippen molar-refractivity contribution < 1.29 is 0 Å². The number of nitrogens with zero attached hydrogens (tertiary/aromatic N) is 1. The van der Waals surface area contributed by atoms with E-state index in [1.807, 2.05) is 12.1 Å². The predicted octanol–water partition coefficient (Wildman–Crippen LogP) is 2.52. The monoisotopic (exact) mass is 250 g/mol. The Bertz CT molecular complexity index is 394. The molecule has 1 aromatic carbocycles. The Morgan fingerprint density at radius 2 is 2.29 bits per heavy atom. The number of hydrogen-bond acceptors (Lipinski definition) is 2. The Labute approximate surface area is 108 Å². The molecular formula is C14H19ClN2. The van der Waals surface area contributed by atoms with E-state index in [4.69, 9.17) is 11.6 Å². The van der Waals surface area contributed by atoms with Crippen molar-refractivity contribution in [1.82, 2.24) is 10.2 Å². The highest BCUT2D eigenvalue weighted by molar-refractivity contribution is 6.30. The van der Waals surface area contributed by atoms with Gasteiger partial charge in [0.2, 0.25) is 0 Å². The molecule has 0 saturated carbocycles. The summed E-state index contributed by atoms with van der Waals surface area (Å²) in [6.07, 6.45) is 2.73. The molecule has 1 N–H and O–H groups in total. The fourth-order valence-corrected chi connectivity index (χ4v) is 3.44. The highest BCUT2D eigenvalue weighted by atomic mass is 35.5. The highest BCUT2D eigenvalue weighted by Crippen LogP contribution is 2.27. The SMILES string of the molecule is Clc1cccc(CN2CCCC3CNCC32)c1. The van der Waals surface area contributed by atoms with Crippen LogP contribution in [0.1, 0.15) is 18.4 Å². The van der Waals surface area contributed by atoms with Crippen LogP contribution in [0.15, 0.2) is 24.3 Å². The molecule has 2 aliphatic heterocycles. The summed E-state index contributed by atoms with van der Waals surface area (Å²) in [7, 11) is 0.